The van der Waals surface area contributed by atoms with Crippen LogP contribution in [-0.2, 0) is 9.53 Å². The summed E-state index contributed by atoms with van der Waals surface area (Å²) in [6.45, 7) is 6.97. The minimum absolute atomic E-state index is 0.211. The molecule has 0 unspecified atom stereocenters. The van der Waals surface area contributed by atoms with E-state index in [0.717, 1.165) is 13.1 Å². The van der Waals surface area contributed by atoms with Crippen LogP contribution in [0.25, 0.3) is 0 Å². The molecule has 0 spiro atoms. The van der Waals surface area contributed by atoms with E-state index in [1.165, 1.54) is 16.0 Å². The number of carbonyl (C=O) groups excluding carboxylic acids is 1. The Morgan fingerprint density at radius 1 is 1.33 bits per heavy atom. The van der Waals surface area contributed by atoms with Crippen molar-refractivity contribution in [2.24, 2.45) is 0 Å². The fraction of sp³-hybridized carbons (Fsp3) is 0.500. The van der Waals surface area contributed by atoms with Gasteiger partial charge < -0.3 is 9.64 Å². The average Bonchev–Trinajstić information content (AvgIpc) is 2.38. The van der Waals surface area contributed by atoms with Crippen molar-refractivity contribution in [2.75, 3.05) is 32.1 Å². The maximum Gasteiger partial charge on any atom is 0.233 e. The fourth-order valence-corrected chi connectivity index (χ4v) is 2.92. The van der Waals surface area contributed by atoms with Gasteiger partial charge in [0.15, 0.2) is 0 Å². The normalized spacial score (nSPS) is 15.8. The van der Waals surface area contributed by atoms with Crippen molar-refractivity contribution < 1.29 is 9.53 Å². The Morgan fingerprint density at radius 3 is 2.72 bits per heavy atom. The van der Waals surface area contributed by atoms with Crippen LogP contribution in [0, 0.1) is 13.8 Å². The smallest absolute Gasteiger partial charge is 0.233 e. The Bertz CT molecular complexity index is 428. The summed E-state index contributed by atoms with van der Waals surface area (Å²) in [5, 5.41) is 0. The number of benzene rings is 1. The first-order valence-corrected chi connectivity index (χ1v) is 7.21. The summed E-state index contributed by atoms with van der Waals surface area (Å²) in [5.74, 6) is 0.729. The fourth-order valence-electron chi connectivity index (χ4n) is 2.00. The van der Waals surface area contributed by atoms with Gasteiger partial charge in [-0.2, -0.15) is 0 Å². The van der Waals surface area contributed by atoms with Crippen LogP contribution in [0.4, 0.5) is 0 Å². The molecule has 18 heavy (non-hydrogen) atoms. The number of hydrogen-bond acceptors (Lipinski definition) is 3. The first kappa shape index (κ1) is 13.4. The van der Waals surface area contributed by atoms with Crippen molar-refractivity contribution in [2.45, 2.75) is 18.7 Å². The number of carbonyl (C=O) groups is 1. The lowest BCUT2D eigenvalue weighted by molar-refractivity contribution is -0.132. The van der Waals surface area contributed by atoms with Gasteiger partial charge in [0, 0.05) is 18.0 Å². The highest BCUT2D eigenvalue weighted by atomic mass is 32.2. The van der Waals surface area contributed by atoms with Crippen LogP contribution in [0.2, 0.25) is 0 Å². The summed E-state index contributed by atoms with van der Waals surface area (Å²) < 4.78 is 5.24. The quantitative estimate of drug-likeness (QED) is 0.785. The number of morpholine rings is 1. The molecule has 98 valence electrons. The molecule has 1 aromatic rings. The third kappa shape index (κ3) is 3.50. The highest BCUT2D eigenvalue weighted by Crippen LogP contribution is 2.23. The van der Waals surface area contributed by atoms with Crippen LogP contribution in [0.5, 0.6) is 0 Å². The van der Waals surface area contributed by atoms with Gasteiger partial charge in [-0.15, -0.1) is 11.8 Å². The molecule has 0 radical (unpaired) electrons. The zero-order valence-corrected chi connectivity index (χ0v) is 11.8. The predicted octanol–water partition coefficient (Wildman–Crippen LogP) is 2.25. The van der Waals surface area contributed by atoms with Gasteiger partial charge in [-0.1, -0.05) is 17.7 Å². The van der Waals surface area contributed by atoms with Crippen molar-refractivity contribution in [1.29, 1.82) is 0 Å². The van der Waals surface area contributed by atoms with Crippen LogP contribution in [0.3, 0.4) is 0 Å². The van der Waals surface area contributed by atoms with Crippen LogP contribution >= 0.6 is 11.8 Å². The Kier molecular flexibility index (Phi) is 4.66. The summed E-state index contributed by atoms with van der Waals surface area (Å²) in [7, 11) is 0. The second-order valence-corrected chi connectivity index (χ2v) is 5.57. The van der Waals surface area contributed by atoms with Gasteiger partial charge in [-0.3, -0.25) is 4.79 Å². The molecule has 2 rings (SSSR count). The number of hydrogen-bond donors (Lipinski definition) is 0. The number of thioether (sulfide) groups is 1. The summed E-state index contributed by atoms with van der Waals surface area (Å²) in [5.41, 5.74) is 2.51. The molecule has 1 aliphatic heterocycles. The average molecular weight is 265 g/mol. The lowest BCUT2D eigenvalue weighted by Crippen LogP contribution is -2.41. The molecule has 4 heteroatoms. The van der Waals surface area contributed by atoms with Crippen LogP contribution in [-0.4, -0.2) is 42.9 Å². The third-order valence-corrected chi connectivity index (χ3v) is 4.21. The first-order chi connectivity index (χ1) is 8.66. The van der Waals surface area contributed by atoms with Gasteiger partial charge in [0.1, 0.15) is 0 Å². The van der Waals surface area contributed by atoms with Gasteiger partial charge in [0.25, 0.3) is 0 Å². The number of ether oxygens (including phenoxy) is 1. The van der Waals surface area contributed by atoms with E-state index in [0.29, 0.717) is 19.0 Å². The SMILES string of the molecule is Cc1ccc(SCC(=O)N2CCOCC2)c(C)c1. The van der Waals surface area contributed by atoms with E-state index in [-0.39, 0.29) is 5.91 Å². The lowest BCUT2D eigenvalue weighted by Gasteiger charge is -2.26. The van der Waals surface area contributed by atoms with E-state index < -0.39 is 0 Å². The van der Waals surface area contributed by atoms with E-state index >= 15 is 0 Å². The van der Waals surface area contributed by atoms with Crippen LogP contribution < -0.4 is 0 Å². The molecule has 0 aliphatic carbocycles. The second kappa shape index (κ2) is 6.25. The topological polar surface area (TPSA) is 29.5 Å². The lowest BCUT2D eigenvalue weighted by atomic mass is 10.2. The summed E-state index contributed by atoms with van der Waals surface area (Å²) >= 11 is 1.63. The molecular formula is C14H19NO2S. The van der Waals surface area contributed by atoms with E-state index in [2.05, 4.69) is 32.0 Å². The molecule has 0 aromatic heterocycles. The highest BCUT2D eigenvalue weighted by Gasteiger charge is 2.16. The number of nitrogens with zero attached hydrogens (tertiary/aromatic N) is 1. The van der Waals surface area contributed by atoms with Gasteiger partial charge in [0.05, 0.1) is 19.0 Å². The Balaban J connectivity index is 1.88. The standard InChI is InChI=1S/C14H19NO2S/c1-11-3-4-13(12(2)9-11)18-10-14(16)15-5-7-17-8-6-15/h3-4,9H,5-8,10H2,1-2H3. The molecule has 0 atom stereocenters. The molecule has 1 aliphatic rings. The number of rotatable bonds is 3. The van der Waals surface area contributed by atoms with E-state index in [4.69, 9.17) is 4.74 Å². The van der Waals surface area contributed by atoms with Crippen molar-refractivity contribution in [3.8, 4) is 0 Å². The monoisotopic (exact) mass is 265 g/mol. The number of amides is 1. The third-order valence-electron chi connectivity index (χ3n) is 3.05. The minimum Gasteiger partial charge on any atom is -0.378 e. The molecular weight excluding hydrogens is 246 g/mol. The van der Waals surface area contributed by atoms with Crippen molar-refractivity contribution in [3.05, 3.63) is 29.3 Å². The van der Waals surface area contributed by atoms with E-state index in [1.54, 1.807) is 11.8 Å². The maximum absolute atomic E-state index is 12.0. The molecule has 0 N–H and O–H groups in total. The molecule has 1 heterocycles. The predicted molar refractivity (Wildman–Crippen MR) is 74.0 cm³/mol. The van der Waals surface area contributed by atoms with Gasteiger partial charge in [-0.25, -0.2) is 0 Å². The molecule has 1 fully saturated rings. The van der Waals surface area contributed by atoms with E-state index in [1.807, 2.05) is 4.90 Å². The van der Waals surface area contributed by atoms with Crippen LogP contribution in [0.15, 0.2) is 23.1 Å². The Hall–Kier alpha value is -1.00. The van der Waals surface area contributed by atoms with Crippen molar-refractivity contribution >= 4 is 17.7 Å². The van der Waals surface area contributed by atoms with Crippen LogP contribution in [0.1, 0.15) is 11.1 Å². The minimum atomic E-state index is 0.211. The molecule has 1 saturated heterocycles. The zero-order chi connectivity index (χ0) is 13.0. The molecule has 1 aromatic carbocycles. The zero-order valence-electron chi connectivity index (χ0n) is 10.9. The molecule has 3 nitrogen and oxygen atoms in total. The first-order valence-electron chi connectivity index (χ1n) is 6.22. The second-order valence-electron chi connectivity index (χ2n) is 4.55. The van der Waals surface area contributed by atoms with Crippen molar-refractivity contribution in [1.82, 2.24) is 4.90 Å². The summed E-state index contributed by atoms with van der Waals surface area (Å²) in [4.78, 5) is 15.1. The van der Waals surface area contributed by atoms with Gasteiger partial charge >= 0.3 is 0 Å². The molecule has 1 amide bonds. The Morgan fingerprint density at radius 2 is 2.06 bits per heavy atom. The van der Waals surface area contributed by atoms with Gasteiger partial charge in [-0.05, 0) is 25.5 Å². The van der Waals surface area contributed by atoms with Gasteiger partial charge in [0.2, 0.25) is 5.91 Å². The largest absolute Gasteiger partial charge is 0.378 e. The maximum atomic E-state index is 12.0. The number of aryl methyl sites for hydroxylation is 2. The Labute approximate surface area is 113 Å². The van der Waals surface area contributed by atoms with Crippen molar-refractivity contribution in [3.63, 3.8) is 0 Å². The summed E-state index contributed by atoms with van der Waals surface area (Å²) in [6.07, 6.45) is 0. The summed E-state index contributed by atoms with van der Waals surface area (Å²) in [6, 6.07) is 6.35. The molecule has 0 bridgehead atoms. The highest BCUT2D eigenvalue weighted by molar-refractivity contribution is 8.00. The molecule has 0 saturated carbocycles. The van der Waals surface area contributed by atoms with E-state index in [9.17, 15) is 4.79 Å².